The first-order chi connectivity index (χ1) is 10.3. The first-order valence-electron chi connectivity index (χ1n) is 5.76. The van der Waals surface area contributed by atoms with Gasteiger partial charge in [-0.3, -0.25) is 0 Å². The second-order valence-electron chi connectivity index (χ2n) is 3.46. The molecule has 0 fully saturated rings. The van der Waals surface area contributed by atoms with Crippen LogP contribution >= 0.6 is 0 Å². The Morgan fingerprint density at radius 1 is 0.864 bits per heavy atom. The third-order valence-corrected chi connectivity index (χ3v) is 1.37. The highest BCUT2D eigenvalue weighted by atomic mass is 16.3. The molecular weight excluding hydrogens is 300 g/mol. The molecule has 1 heterocycles. The molecule has 1 aromatic heterocycles. The van der Waals surface area contributed by atoms with Gasteiger partial charge >= 0.3 is 0 Å². The number of nitrogen functional groups attached to an aromatic ring is 3. The molecule has 0 aromatic carbocycles. The third kappa shape index (κ3) is 20.2. The number of carbonyl (C=O) groups is 1. The van der Waals surface area contributed by atoms with E-state index in [1.807, 2.05) is 6.79 Å². The van der Waals surface area contributed by atoms with Crippen LogP contribution in [0.3, 0.4) is 0 Å². The Bertz CT molecular complexity index is 315. The minimum atomic E-state index is -0.954. The maximum absolute atomic E-state index is 8.17. The number of anilines is 3. The van der Waals surface area contributed by atoms with Gasteiger partial charge in [-0.1, -0.05) is 0 Å². The summed E-state index contributed by atoms with van der Waals surface area (Å²) in [7, 11) is 0. The number of aromatic nitrogens is 3. The average Bonchev–Trinajstić information content (AvgIpc) is 2.48. The van der Waals surface area contributed by atoms with Crippen LogP contribution in [0.2, 0.25) is 0 Å². The number of aliphatic hydroxyl groups excluding tert-OH is 5. The van der Waals surface area contributed by atoms with E-state index >= 15 is 0 Å². The van der Waals surface area contributed by atoms with Gasteiger partial charge in [0.2, 0.25) is 17.8 Å². The van der Waals surface area contributed by atoms with E-state index in [9.17, 15) is 0 Å². The van der Waals surface area contributed by atoms with Crippen molar-refractivity contribution < 1.29 is 30.3 Å². The van der Waals surface area contributed by atoms with Crippen molar-refractivity contribution in [2.75, 3.05) is 37.0 Å². The van der Waals surface area contributed by atoms with Crippen LogP contribution < -0.4 is 17.2 Å². The van der Waals surface area contributed by atoms with Gasteiger partial charge in [0.05, 0.1) is 25.9 Å². The Labute approximate surface area is 127 Å². The van der Waals surface area contributed by atoms with Crippen molar-refractivity contribution in [2.45, 2.75) is 19.1 Å². The van der Waals surface area contributed by atoms with Gasteiger partial charge in [0.15, 0.2) is 0 Å². The van der Waals surface area contributed by atoms with Crippen LogP contribution in [0.1, 0.15) is 6.92 Å². The van der Waals surface area contributed by atoms with Crippen LogP contribution in [0.25, 0.3) is 0 Å². The standard InChI is InChI=1S/C3H6N6.C3H8O3.C3H8O2.CH2O/c4-1-7-2(5)9-3(6)8-1;4-1-3(6)2-5;1-3(5)2-4;1-2/h(H6,4,5,6,7,8,9);3-6H,1-2H2;3-5H,2H2,1H3;1H2. The fraction of sp³-hybridized carbons (Fsp3) is 0.600. The summed E-state index contributed by atoms with van der Waals surface area (Å²) in [5.74, 6) is 0.125. The number of aliphatic hydroxyl groups is 5. The minimum absolute atomic E-state index is 0.0417. The van der Waals surface area contributed by atoms with Gasteiger partial charge in [0.1, 0.15) is 12.9 Å². The summed E-state index contributed by atoms with van der Waals surface area (Å²) < 4.78 is 0. The van der Waals surface area contributed by atoms with E-state index < -0.39 is 12.2 Å². The van der Waals surface area contributed by atoms with E-state index in [1.165, 1.54) is 6.92 Å². The molecule has 0 saturated heterocycles. The van der Waals surface area contributed by atoms with Crippen molar-refractivity contribution in [3.05, 3.63) is 0 Å². The lowest BCUT2D eigenvalue weighted by Crippen LogP contribution is -2.15. The number of carbonyl (C=O) groups excluding carboxylic acids is 1. The van der Waals surface area contributed by atoms with E-state index in [2.05, 4.69) is 15.0 Å². The molecule has 0 amide bonds. The van der Waals surface area contributed by atoms with E-state index in [4.69, 9.17) is 47.5 Å². The Balaban J connectivity index is -0.000000245. The predicted octanol–water partition coefficient (Wildman–Crippen LogP) is -3.88. The van der Waals surface area contributed by atoms with Crippen molar-refractivity contribution in [1.29, 1.82) is 0 Å². The SMILES string of the molecule is C=O.CC(O)CO.Nc1nc(N)nc(N)n1.OCC(O)CO. The molecule has 1 rings (SSSR count). The van der Waals surface area contributed by atoms with Crippen molar-refractivity contribution in [1.82, 2.24) is 15.0 Å². The molecular formula is C10H24N6O6. The van der Waals surface area contributed by atoms with Crippen LogP contribution in [0.5, 0.6) is 0 Å². The first kappa shape index (κ1) is 24.9. The van der Waals surface area contributed by atoms with E-state index in [-0.39, 0.29) is 37.7 Å². The van der Waals surface area contributed by atoms with Crippen LogP contribution in [0.4, 0.5) is 17.8 Å². The molecule has 1 aromatic rings. The van der Waals surface area contributed by atoms with Crippen LogP contribution in [-0.2, 0) is 4.79 Å². The highest BCUT2D eigenvalue weighted by Crippen LogP contribution is 1.97. The Morgan fingerprint density at radius 2 is 1.09 bits per heavy atom. The molecule has 11 N–H and O–H groups in total. The molecule has 0 bridgehead atoms. The van der Waals surface area contributed by atoms with Crippen molar-refractivity contribution in [2.24, 2.45) is 0 Å². The molecule has 0 aliphatic heterocycles. The Kier molecular flexibility index (Phi) is 19.1. The molecule has 130 valence electrons. The topological polar surface area (TPSA) is 235 Å². The minimum Gasteiger partial charge on any atom is -0.394 e. The van der Waals surface area contributed by atoms with Gasteiger partial charge in [-0.2, -0.15) is 15.0 Å². The van der Waals surface area contributed by atoms with Gasteiger partial charge < -0.3 is 47.5 Å². The van der Waals surface area contributed by atoms with Gasteiger partial charge in [-0.25, -0.2) is 0 Å². The number of hydrogen-bond donors (Lipinski definition) is 8. The lowest BCUT2D eigenvalue weighted by atomic mass is 10.4. The summed E-state index contributed by atoms with van der Waals surface area (Å²) in [6.07, 6.45) is -1.51. The van der Waals surface area contributed by atoms with E-state index in [1.54, 1.807) is 0 Å². The molecule has 12 heteroatoms. The lowest BCUT2D eigenvalue weighted by molar-refractivity contribution is -0.0980. The fourth-order valence-electron chi connectivity index (χ4n) is 0.485. The Morgan fingerprint density at radius 3 is 1.18 bits per heavy atom. The molecule has 1 atom stereocenters. The Hall–Kier alpha value is -2.12. The normalized spacial score (nSPS) is 10.1. The number of nitrogens with zero attached hydrogens (tertiary/aromatic N) is 3. The second-order valence-corrected chi connectivity index (χ2v) is 3.46. The third-order valence-electron chi connectivity index (χ3n) is 1.37. The molecule has 0 radical (unpaired) electrons. The molecule has 1 unspecified atom stereocenters. The van der Waals surface area contributed by atoms with Crippen LogP contribution in [0, 0.1) is 0 Å². The average molecular weight is 324 g/mol. The predicted molar refractivity (Wildman–Crippen MR) is 79.1 cm³/mol. The zero-order valence-corrected chi connectivity index (χ0v) is 12.2. The summed E-state index contributed by atoms with van der Waals surface area (Å²) in [6, 6.07) is 0. The van der Waals surface area contributed by atoms with Gasteiger partial charge in [-0.15, -0.1) is 0 Å². The largest absolute Gasteiger partial charge is 0.394 e. The number of rotatable bonds is 3. The summed E-state index contributed by atoms with van der Waals surface area (Å²) in [4.78, 5) is 18.5. The van der Waals surface area contributed by atoms with E-state index in [0.29, 0.717) is 0 Å². The summed E-state index contributed by atoms with van der Waals surface area (Å²) in [5, 5.41) is 40.0. The summed E-state index contributed by atoms with van der Waals surface area (Å²) in [5.41, 5.74) is 15.4. The van der Waals surface area contributed by atoms with Gasteiger partial charge in [0, 0.05) is 0 Å². The summed E-state index contributed by atoms with van der Waals surface area (Å²) >= 11 is 0. The smallest absolute Gasteiger partial charge is 0.226 e. The lowest BCUT2D eigenvalue weighted by Gasteiger charge is -1.96. The number of hydrogen-bond acceptors (Lipinski definition) is 12. The van der Waals surface area contributed by atoms with Crippen LogP contribution in [0.15, 0.2) is 0 Å². The highest BCUT2D eigenvalue weighted by Gasteiger charge is 1.94. The second kappa shape index (κ2) is 16.9. The molecule has 0 aliphatic carbocycles. The van der Waals surface area contributed by atoms with Gasteiger partial charge in [0.25, 0.3) is 0 Å². The zero-order valence-electron chi connectivity index (χ0n) is 12.2. The monoisotopic (exact) mass is 324 g/mol. The van der Waals surface area contributed by atoms with Crippen LogP contribution in [-0.4, -0.2) is 79.3 Å². The summed E-state index contributed by atoms with van der Waals surface area (Å²) in [6.45, 7) is 2.66. The molecule has 0 saturated carbocycles. The zero-order chi connectivity index (χ0) is 18.1. The van der Waals surface area contributed by atoms with Crippen molar-refractivity contribution in [3.63, 3.8) is 0 Å². The quantitative estimate of drug-likeness (QED) is 0.266. The maximum atomic E-state index is 8.17. The maximum Gasteiger partial charge on any atom is 0.226 e. The molecule has 0 aliphatic rings. The molecule has 0 spiro atoms. The highest BCUT2D eigenvalue weighted by molar-refractivity contribution is 5.33. The first-order valence-corrected chi connectivity index (χ1v) is 5.76. The molecule has 22 heavy (non-hydrogen) atoms. The van der Waals surface area contributed by atoms with Crippen molar-refractivity contribution >= 4 is 24.6 Å². The number of nitrogens with two attached hydrogens (primary N) is 3. The van der Waals surface area contributed by atoms with Gasteiger partial charge in [-0.05, 0) is 6.92 Å². The van der Waals surface area contributed by atoms with E-state index in [0.717, 1.165) is 0 Å². The van der Waals surface area contributed by atoms with Crippen molar-refractivity contribution in [3.8, 4) is 0 Å². The molecule has 12 nitrogen and oxygen atoms in total. The fourth-order valence-corrected chi connectivity index (χ4v) is 0.485.